The van der Waals surface area contributed by atoms with Crippen LogP contribution in [0.1, 0.15) is 207 Å². The Labute approximate surface area is 330 Å². The van der Waals surface area contributed by atoms with Gasteiger partial charge in [0.25, 0.3) is 0 Å². The number of aliphatic hydroxyl groups is 6. The molecule has 10 nitrogen and oxygen atoms in total. The number of carbonyl (C=O) groups excluding carboxylic acids is 1. The van der Waals surface area contributed by atoms with Crippen LogP contribution in [-0.4, -0.2) is 98.7 Å². The molecule has 0 aliphatic carbocycles. The van der Waals surface area contributed by atoms with Crippen molar-refractivity contribution < 1.29 is 44.9 Å². The molecule has 1 heterocycles. The zero-order valence-electron chi connectivity index (χ0n) is 35.2. The highest BCUT2D eigenvalue weighted by Crippen LogP contribution is 2.27. The average Bonchev–Trinajstić information content (AvgIpc) is 3.16. The Morgan fingerprint density at radius 3 is 1.46 bits per heavy atom. The van der Waals surface area contributed by atoms with Crippen LogP contribution in [-0.2, 0) is 14.3 Å². The van der Waals surface area contributed by atoms with Gasteiger partial charge in [0.15, 0.2) is 6.29 Å². The fourth-order valence-electron chi connectivity index (χ4n) is 7.50. The molecule has 0 radical (unpaired) electrons. The van der Waals surface area contributed by atoms with Gasteiger partial charge in [-0.3, -0.25) is 4.79 Å². The second-order valence-electron chi connectivity index (χ2n) is 17.1. The van der Waals surface area contributed by atoms with E-state index in [0.29, 0.717) is 12.8 Å². The predicted molar refractivity (Wildman–Crippen MR) is 218 cm³/mol. The summed E-state index contributed by atoms with van der Waals surface area (Å²) in [7, 11) is 0. The predicted octanol–water partition coefficient (Wildman–Crippen LogP) is 8.00. The monoisotopic (exact) mass is 774 g/mol. The van der Waals surface area contributed by atoms with Crippen molar-refractivity contribution in [2.45, 2.75) is 256 Å². The number of nitrogens with one attached hydrogen (secondary N) is 1. The minimum atomic E-state index is -1.61. The van der Waals surface area contributed by atoms with Crippen LogP contribution in [0.3, 0.4) is 0 Å². The van der Waals surface area contributed by atoms with Gasteiger partial charge in [0.1, 0.15) is 30.5 Å². The lowest BCUT2D eigenvalue weighted by molar-refractivity contribution is -0.303. The lowest BCUT2D eigenvalue weighted by Crippen LogP contribution is -2.60. The molecular formula is C44H87NO9. The molecule has 1 rings (SSSR count). The first-order valence-corrected chi connectivity index (χ1v) is 22.6. The van der Waals surface area contributed by atoms with E-state index in [4.69, 9.17) is 9.47 Å². The normalized spacial score (nSPS) is 22.3. The van der Waals surface area contributed by atoms with Gasteiger partial charge in [-0.1, -0.05) is 195 Å². The van der Waals surface area contributed by atoms with Gasteiger partial charge in [-0.2, -0.15) is 0 Å². The summed E-state index contributed by atoms with van der Waals surface area (Å²) < 4.78 is 11.2. The van der Waals surface area contributed by atoms with E-state index in [0.717, 1.165) is 44.9 Å². The standard InChI is InChI=1S/C44H87NO9/c1-5-7-9-11-13-15-17-19-20-22-24-26-28-30-32-44(3,4)43(52)45-35(34-53-42-41(51)40(50)39(49)37(33-46)54-42)38(48)36(47)31-29-27-25-23-21-18-16-14-12-10-8-6-2/h35-42,46-51H,5-34H2,1-4H3,(H,45,52)/t35-,36+,37+,38-,39-,40-,41+,42-/m0/s1. The molecule has 1 amide bonds. The summed E-state index contributed by atoms with van der Waals surface area (Å²) in [6, 6.07) is -1.02. The molecule has 0 aromatic rings. The molecule has 1 saturated heterocycles. The Hall–Kier alpha value is -0.850. The Morgan fingerprint density at radius 1 is 0.630 bits per heavy atom. The summed E-state index contributed by atoms with van der Waals surface area (Å²) in [6.45, 7) is 7.34. The molecule has 7 N–H and O–H groups in total. The summed E-state index contributed by atoms with van der Waals surface area (Å²) in [6.07, 6.45) is 23.3. The minimum absolute atomic E-state index is 0.267. The second-order valence-corrected chi connectivity index (χ2v) is 17.1. The average molecular weight is 774 g/mol. The largest absolute Gasteiger partial charge is 0.394 e. The molecule has 10 heteroatoms. The third kappa shape index (κ3) is 22.8. The summed E-state index contributed by atoms with van der Waals surface area (Å²) in [4.78, 5) is 13.6. The number of ether oxygens (including phenoxy) is 2. The van der Waals surface area contributed by atoms with Crippen molar-refractivity contribution in [3.63, 3.8) is 0 Å². The SMILES string of the molecule is CCCCCCCCCCCCCCCCC(C)(C)C(=O)N[C@@H](CO[C@H]1O[C@H](CO)[C@H](O)[C@H](O)[C@H]1O)[C@H](O)[C@H](O)CCCCCCCCCCCCCC. The van der Waals surface area contributed by atoms with E-state index in [-0.39, 0.29) is 12.5 Å². The molecule has 0 aromatic carbocycles. The summed E-state index contributed by atoms with van der Waals surface area (Å²) in [5.41, 5.74) is -0.724. The highest BCUT2D eigenvalue weighted by molar-refractivity contribution is 5.82. The van der Waals surface area contributed by atoms with Crippen molar-refractivity contribution in [2.24, 2.45) is 5.41 Å². The number of amides is 1. The van der Waals surface area contributed by atoms with Gasteiger partial charge in [-0.05, 0) is 12.8 Å². The molecule has 1 fully saturated rings. The van der Waals surface area contributed by atoms with Crippen molar-refractivity contribution in [1.82, 2.24) is 5.32 Å². The number of hydrogen-bond donors (Lipinski definition) is 7. The molecule has 322 valence electrons. The van der Waals surface area contributed by atoms with Gasteiger partial charge in [0, 0.05) is 5.41 Å². The molecule has 1 aliphatic rings. The Kier molecular flexibility index (Phi) is 30.5. The van der Waals surface area contributed by atoms with Crippen molar-refractivity contribution in [3.8, 4) is 0 Å². The lowest BCUT2D eigenvalue weighted by Gasteiger charge is -2.40. The van der Waals surface area contributed by atoms with Crippen molar-refractivity contribution in [1.29, 1.82) is 0 Å². The van der Waals surface area contributed by atoms with E-state index in [1.165, 1.54) is 122 Å². The summed E-state index contributed by atoms with van der Waals surface area (Å²) >= 11 is 0. The zero-order chi connectivity index (χ0) is 40.0. The van der Waals surface area contributed by atoms with E-state index < -0.39 is 61.0 Å². The van der Waals surface area contributed by atoms with E-state index in [1.54, 1.807) is 0 Å². The maximum atomic E-state index is 13.6. The van der Waals surface area contributed by atoms with Gasteiger partial charge in [0.05, 0.1) is 25.4 Å². The van der Waals surface area contributed by atoms with Crippen molar-refractivity contribution in [2.75, 3.05) is 13.2 Å². The van der Waals surface area contributed by atoms with Crippen LogP contribution in [0.2, 0.25) is 0 Å². The Morgan fingerprint density at radius 2 is 1.04 bits per heavy atom. The molecule has 0 bridgehead atoms. The van der Waals surface area contributed by atoms with E-state index in [1.807, 2.05) is 13.8 Å². The quantitative estimate of drug-likeness (QED) is 0.0312. The Bertz CT molecular complexity index is 875. The molecule has 0 aromatic heterocycles. The van der Waals surface area contributed by atoms with Crippen molar-refractivity contribution in [3.05, 3.63) is 0 Å². The third-order valence-corrected chi connectivity index (χ3v) is 11.5. The number of aliphatic hydroxyl groups excluding tert-OH is 6. The molecule has 0 saturated carbocycles. The van der Waals surface area contributed by atoms with Crippen LogP contribution in [0.15, 0.2) is 0 Å². The second kappa shape index (κ2) is 32.1. The van der Waals surface area contributed by atoms with E-state index in [9.17, 15) is 35.4 Å². The maximum absolute atomic E-state index is 13.6. The zero-order valence-corrected chi connectivity index (χ0v) is 35.2. The molecule has 8 atom stereocenters. The fraction of sp³-hybridized carbons (Fsp3) is 0.977. The van der Waals surface area contributed by atoms with Gasteiger partial charge >= 0.3 is 0 Å². The molecular weight excluding hydrogens is 686 g/mol. The Balaban J connectivity index is 2.56. The van der Waals surface area contributed by atoms with Gasteiger partial charge in [-0.25, -0.2) is 0 Å². The van der Waals surface area contributed by atoms with Crippen molar-refractivity contribution >= 4 is 5.91 Å². The fourth-order valence-corrected chi connectivity index (χ4v) is 7.50. The number of unbranched alkanes of at least 4 members (excludes halogenated alkanes) is 24. The third-order valence-electron chi connectivity index (χ3n) is 11.5. The first-order valence-electron chi connectivity index (χ1n) is 22.6. The first-order chi connectivity index (χ1) is 26.0. The number of hydrogen-bond acceptors (Lipinski definition) is 9. The van der Waals surface area contributed by atoms with Gasteiger partial charge in [0.2, 0.25) is 5.91 Å². The molecule has 54 heavy (non-hydrogen) atoms. The van der Waals surface area contributed by atoms with Gasteiger partial charge in [-0.15, -0.1) is 0 Å². The van der Waals surface area contributed by atoms with Crippen LogP contribution >= 0.6 is 0 Å². The summed E-state index contributed by atoms with van der Waals surface area (Å²) in [5, 5.41) is 65.6. The van der Waals surface area contributed by atoms with Crippen LogP contribution < -0.4 is 5.32 Å². The van der Waals surface area contributed by atoms with Crippen LogP contribution in [0.4, 0.5) is 0 Å². The van der Waals surface area contributed by atoms with Crippen LogP contribution in [0.25, 0.3) is 0 Å². The highest BCUT2D eigenvalue weighted by atomic mass is 16.7. The van der Waals surface area contributed by atoms with Crippen LogP contribution in [0, 0.1) is 5.41 Å². The molecule has 0 spiro atoms. The topological polar surface area (TPSA) is 169 Å². The number of carbonyl (C=O) groups is 1. The van der Waals surface area contributed by atoms with Crippen LogP contribution in [0.5, 0.6) is 0 Å². The molecule has 0 unspecified atom stereocenters. The smallest absolute Gasteiger partial charge is 0.226 e. The lowest BCUT2D eigenvalue weighted by atomic mass is 9.85. The number of rotatable bonds is 36. The first kappa shape index (κ1) is 51.2. The van der Waals surface area contributed by atoms with E-state index >= 15 is 0 Å². The van der Waals surface area contributed by atoms with Gasteiger partial charge < -0.3 is 45.4 Å². The highest BCUT2D eigenvalue weighted by Gasteiger charge is 2.45. The minimum Gasteiger partial charge on any atom is -0.394 e. The molecule has 1 aliphatic heterocycles. The summed E-state index contributed by atoms with van der Waals surface area (Å²) in [5.74, 6) is -0.267. The van der Waals surface area contributed by atoms with E-state index in [2.05, 4.69) is 19.2 Å². The maximum Gasteiger partial charge on any atom is 0.226 e.